The van der Waals surface area contributed by atoms with Crippen molar-refractivity contribution in [3.8, 4) is 5.69 Å². The molecular weight excluding hydrogens is 463 g/mol. The maximum atomic E-state index is 13.1. The minimum Gasteiger partial charge on any atom is -0.325 e. The number of para-hydroxylation sites is 1. The lowest BCUT2D eigenvalue weighted by Gasteiger charge is -2.12. The van der Waals surface area contributed by atoms with Crippen LogP contribution in [0, 0.1) is 6.92 Å². The molecule has 31 heavy (non-hydrogen) atoms. The molecule has 1 heterocycles. The maximum absolute atomic E-state index is 13.1. The van der Waals surface area contributed by atoms with E-state index >= 15 is 0 Å². The number of alkyl halides is 1. The van der Waals surface area contributed by atoms with Crippen molar-refractivity contribution in [3.63, 3.8) is 0 Å². The number of hydrogen-bond donors (Lipinski definition) is 2. The topological polar surface area (TPSA) is 102 Å². The number of nitrogens with zero attached hydrogens (tertiary/aromatic N) is 2. The Balaban J connectivity index is 2.02. The highest BCUT2D eigenvalue weighted by atomic mass is 35.5. The van der Waals surface area contributed by atoms with E-state index in [4.69, 9.17) is 23.2 Å². The first-order chi connectivity index (χ1) is 14.5. The van der Waals surface area contributed by atoms with E-state index in [2.05, 4.69) is 10.0 Å². The molecular formula is C20H20Cl2N4O4S. The molecule has 164 valence electrons. The van der Waals surface area contributed by atoms with Gasteiger partial charge in [-0.3, -0.25) is 19.0 Å². The summed E-state index contributed by atoms with van der Waals surface area (Å²) in [4.78, 5) is 24.5. The van der Waals surface area contributed by atoms with Crippen LogP contribution in [0.3, 0.4) is 0 Å². The van der Waals surface area contributed by atoms with Gasteiger partial charge in [0.05, 0.1) is 16.4 Å². The first kappa shape index (κ1) is 22.9. The number of amides is 1. The van der Waals surface area contributed by atoms with E-state index in [1.807, 2.05) is 6.07 Å². The normalized spacial score (nSPS) is 12.4. The van der Waals surface area contributed by atoms with Gasteiger partial charge in [0.25, 0.3) is 15.6 Å². The molecule has 2 aromatic carbocycles. The fourth-order valence-corrected chi connectivity index (χ4v) is 4.60. The van der Waals surface area contributed by atoms with Crippen molar-refractivity contribution in [2.75, 3.05) is 10.0 Å². The zero-order valence-electron chi connectivity index (χ0n) is 16.9. The van der Waals surface area contributed by atoms with Crippen LogP contribution in [0.2, 0.25) is 5.02 Å². The van der Waals surface area contributed by atoms with E-state index in [0.29, 0.717) is 11.4 Å². The molecule has 11 heteroatoms. The third-order valence-corrected chi connectivity index (χ3v) is 6.67. The standard InChI is InChI=1S/C20H20Cl2N4O4S/c1-12(21)19(27)23-14-9-10-16(22)17(11-14)31(29,30)24-18-13(2)25(3)26(20(18)28)15-7-5-4-6-8-15/h4-12,24H,1-3H3,(H,23,27)/t12-/m1/s1. The second-order valence-corrected chi connectivity index (χ2v) is 9.51. The Kier molecular flexibility index (Phi) is 6.49. The van der Waals surface area contributed by atoms with Crippen LogP contribution in [-0.2, 0) is 21.9 Å². The second kappa shape index (κ2) is 8.78. The average Bonchev–Trinajstić information content (AvgIpc) is 2.92. The quantitative estimate of drug-likeness (QED) is 0.524. The molecule has 0 spiro atoms. The number of hydrogen-bond acceptors (Lipinski definition) is 4. The predicted molar refractivity (Wildman–Crippen MR) is 122 cm³/mol. The van der Waals surface area contributed by atoms with E-state index in [-0.39, 0.29) is 21.3 Å². The molecule has 1 amide bonds. The van der Waals surface area contributed by atoms with Gasteiger partial charge >= 0.3 is 0 Å². The van der Waals surface area contributed by atoms with Crippen LogP contribution in [-0.4, -0.2) is 29.1 Å². The summed E-state index contributed by atoms with van der Waals surface area (Å²) in [7, 11) is -2.60. The summed E-state index contributed by atoms with van der Waals surface area (Å²) in [6, 6.07) is 12.8. The summed E-state index contributed by atoms with van der Waals surface area (Å²) in [6.07, 6.45) is 0. The van der Waals surface area contributed by atoms with Crippen LogP contribution >= 0.6 is 23.2 Å². The molecule has 0 unspecified atom stereocenters. The zero-order chi connectivity index (χ0) is 22.9. The van der Waals surface area contributed by atoms with E-state index in [9.17, 15) is 18.0 Å². The Morgan fingerprint density at radius 3 is 2.39 bits per heavy atom. The maximum Gasteiger partial charge on any atom is 0.296 e. The number of carbonyl (C=O) groups is 1. The number of rotatable bonds is 6. The smallest absolute Gasteiger partial charge is 0.296 e. The van der Waals surface area contributed by atoms with Crippen molar-refractivity contribution in [1.82, 2.24) is 9.36 Å². The monoisotopic (exact) mass is 482 g/mol. The number of halogens is 2. The van der Waals surface area contributed by atoms with Crippen LogP contribution < -0.4 is 15.6 Å². The fraction of sp³-hybridized carbons (Fsp3) is 0.200. The summed E-state index contributed by atoms with van der Waals surface area (Å²) in [6.45, 7) is 3.11. The lowest BCUT2D eigenvalue weighted by molar-refractivity contribution is -0.115. The van der Waals surface area contributed by atoms with Gasteiger partial charge in [0, 0.05) is 12.7 Å². The molecule has 0 fully saturated rings. The number of nitrogens with one attached hydrogen (secondary N) is 2. The van der Waals surface area contributed by atoms with Gasteiger partial charge in [0.1, 0.15) is 16.0 Å². The van der Waals surface area contributed by atoms with Crippen molar-refractivity contribution >= 4 is 50.5 Å². The van der Waals surface area contributed by atoms with Crippen LogP contribution in [0.4, 0.5) is 11.4 Å². The Hall–Kier alpha value is -2.75. The Bertz CT molecular complexity index is 1300. The molecule has 1 aromatic heterocycles. The minimum absolute atomic E-state index is 0.0682. The summed E-state index contributed by atoms with van der Waals surface area (Å²) in [5.41, 5.74) is 0.557. The highest BCUT2D eigenvalue weighted by Crippen LogP contribution is 2.27. The highest BCUT2D eigenvalue weighted by molar-refractivity contribution is 7.92. The molecule has 3 aromatic rings. The zero-order valence-corrected chi connectivity index (χ0v) is 19.2. The van der Waals surface area contributed by atoms with E-state index < -0.39 is 26.9 Å². The Labute approximate surface area is 189 Å². The van der Waals surface area contributed by atoms with Gasteiger partial charge in [0.2, 0.25) is 5.91 Å². The van der Waals surface area contributed by atoms with Crippen molar-refractivity contribution in [2.45, 2.75) is 24.1 Å². The molecule has 0 aliphatic carbocycles. The average molecular weight is 483 g/mol. The largest absolute Gasteiger partial charge is 0.325 e. The van der Waals surface area contributed by atoms with Crippen molar-refractivity contribution in [1.29, 1.82) is 0 Å². The minimum atomic E-state index is -4.25. The summed E-state index contributed by atoms with van der Waals surface area (Å²) in [5.74, 6) is -0.495. The molecule has 0 aliphatic heterocycles. The van der Waals surface area contributed by atoms with Gasteiger partial charge in [-0.25, -0.2) is 13.1 Å². The van der Waals surface area contributed by atoms with Crippen molar-refractivity contribution in [3.05, 3.63) is 69.6 Å². The lowest BCUT2D eigenvalue weighted by Crippen LogP contribution is -2.23. The SMILES string of the molecule is Cc1c(NS(=O)(=O)c2cc(NC(=O)[C@@H](C)Cl)ccc2Cl)c(=O)n(-c2ccccc2)n1C. The number of aromatic nitrogens is 2. The van der Waals surface area contributed by atoms with Crippen LogP contribution in [0.1, 0.15) is 12.6 Å². The highest BCUT2D eigenvalue weighted by Gasteiger charge is 2.25. The van der Waals surface area contributed by atoms with Gasteiger partial charge < -0.3 is 5.32 Å². The third-order valence-electron chi connectivity index (χ3n) is 4.64. The molecule has 3 rings (SSSR count). The van der Waals surface area contributed by atoms with Gasteiger partial charge in [0.15, 0.2) is 0 Å². The number of carbonyl (C=O) groups excluding carboxylic acids is 1. The summed E-state index contributed by atoms with van der Waals surface area (Å²) in [5, 5.41) is 1.63. The van der Waals surface area contributed by atoms with Gasteiger partial charge in [-0.15, -0.1) is 11.6 Å². The number of sulfonamides is 1. The first-order valence-electron chi connectivity index (χ1n) is 9.14. The van der Waals surface area contributed by atoms with Crippen LogP contribution in [0.15, 0.2) is 58.2 Å². The summed E-state index contributed by atoms with van der Waals surface area (Å²) >= 11 is 11.9. The Morgan fingerprint density at radius 2 is 1.77 bits per heavy atom. The van der Waals surface area contributed by atoms with Crippen molar-refractivity contribution in [2.24, 2.45) is 7.05 Å². The van der Waals surface area contributed by atoms with Gasteiger partial charge in [-0.2, -0.15) is 0 Å². The van der Waals surface area contributed by atoms with E-state index in [1.165, 1.54) is 29.8 Å². The van der Waals surface area contributed by atoms with Gasteiger partial charge in [-0.05, 0) is 44.2 Å². The molecule has 2 N–H and O–H groups in total. The second-order valence-electron chi connectivity index (χ2n) is 6.79. The molecule has 1 atom stereocenters. The number of anilines is 2. The molecule has 0 saturated carbocycles. The van der Waals surface area contributed by atoms with E-state index in [0.717, 1.165) is 0 Å². The van der Waals surface area contributed by atoms with Gasteiger partial charge in [-0.1, -0.05) is 29.8 Å². The van der Waals surface area contributed by atoms with Crippen LogP contribution in [0.5, 0.6) is 0 Å². The molecule has 8 nitrogen and oxygen atoms in total. The van der Waals surface area contributed by atoms with Crippen LogP contribution in [0.25, 0.3) is 5.69 Å². The van der Waals surface area contributed by atoms with Crippen molar-refractivity contribution < 1.29 is 13.2 Å². The third kappa shape index (κ3) is 4.63. The summed E-state index contributed by atoms with van der Waals surface area (Å²) < 4.78 is 31.4. The molecule has 0 bridgehead atoms. The predicted octanol–water partition coefficient (Wildman–Crippen LogP) is 3.50. The molecule has 0 radical (unpaired) electrons. The molecule has 0 aliphatic rings. The number of benzene rings is 2. The first-order valence-corrected chi connectivity index (χ1v) is 11.4. The molecule has 0 saturated heterocycles. The Morgan fingerprint density at radius 1 is 1.13 bits per heavy atom. The lowest BCUT2D eigenvalue weighted by atomic mass is 10.3. The fourth-order valence-electron chi connectivity index (χ4n) is 2.90. The van der Waals surface area contributed by atoms with E-state index in [1.54, 1.807) is 42.9 Å².